The summed E-state index contributed by atoms with van der Waals surface area (Å²) in [6.45, 7) is 3.12. The van der Waals surface area contributed by atoms with Crippen molar-refractivity contribution in [3.05, 3.63) is 53.1 Å². The standard InChI is InChI=1S/C25H32ClN3O6S/c1-34-24(30)20-6-4-19(5-7-20)17-29(36(32,33)23-10-8-21(26)9-11-23)22-3-2-12-28(18-22)25(31)27-13-15-35-16-14-27/h4-6,8-11,20,22H,2-3,7,12-18H2,1H3. The maximum atomic E-state index is 13.8. The first-order valence-corrected chi connectivity index (χ1v) is 14.0. The minimum Gasteiger partial charge on any atom is -0.469 e. The number of ether oxygens (including phenoxy) is 2. The smallest absolute Gasteiger partial charge is 0.320 e. The van der Waals surface area contributed by atoms with Crippen molar-refractivity contribution in [2.24, 2.45) is 5.92 Å². The van der Waals surface area contributed by atoms with Crippen LogP contribution >= 0.6 is 11.6 Å². The van der Waals surface area contributed by atoms with E-state index in [1.807, 2.05) is 6.08 Å². The summed E-state index contributed by atoms with van der Waals surface area (Å²) >= 11 is 6.00. The van der Waals surface area contributed by atoms with Gasteiger partial charge in [-0.15, -0.1) is 0 Å². The van der Waals surface area contributed by atoms with E-state index in [0.29, 0.717) is 63.7 Å². The highest BCUT2D eigenvalue weighted by Gasteiger charge is 2.37. The predicted octanol–water partition coefficient (Wildman–Crippen LogP) is 2.92. The van der Waals surface area contributed by atoms with Gasteiger partial charge in [-0.25, -0.2) is 13.2 Å². The Labute approximate surface area is 217 Å². The number of morpholine rings is 1. The molecule has 2 aliphatic heterocycles. The molecule has 36 heavy (non-hydrogen) atoms. The number of sulfonamides is 1. The molecule has 0 radical (unpaired) electrons. The largest absolute Gasteiger partial charge is 0.469 e. The third-order valence-corrected chi connectivity index (χ3v) is 8.96. The molecule has 0 N–H and O–H groups in total. The monoisotopic (exact) mass is 537 g/mol. The van der Waals surface area contributed by atoms with Crippen molar-refractivity contribution < 1.29 is 27.5 Å². The third-order valence-electron chi connectivity index (χ3n) is 6.80. The van der Waals surface area contributed by atoms with Crippen LogP contribution in [0, 0.1) is 5.92 Å². The number of rotatable bonds is 6. The number of urea groups is 1. The summed E-state index contributed by atoms with van der Waals surface area (Å²) in [6.07, 6.45) is 7.21. The molecule has 1 aliphatic carbocycles. The third kappa shape index (κ3) is 6.11. The number of amides is 2. The second-order valence-electron chi connectivity index (χ2n) is 9.13. The summed E-state index contributed by atoms with van der Waals surface area (Å²) in [5.74, 6) is -0.701. The lowest BCUT2D eigenvalue weighted by atomic mass is 9.96. The van der Waals surface area contributed by atoms with E-state index in [2.05, 4.69) is 0 Å². The van der Waals surface area contributed by atoms with Crippen LogP contribution in [0.1, 0.15) is 19.3 Å². The van der Waals surface area contributed by atoms with Gasteiger partial charge in [-0.05, 0) is 49.1 Å². The SMILES string of the molecule is COC(=O)C1C=CC(CN(C2CCCN(C(=O)N3CCOCC3)C2)S(=O)(=O)c2ccc(Cl)cc2)=CC1. The number of nitrogens with zero attached hydrogens (tertiary/aromatic N) is 3. The van der Waals surface area contributed by atoms with Crippen molar-refractivity contribution in [2.75, 3.05) is 53.0 Å². The molecule has 2 unspecified atom stereocenters. The average Bonchev–Trinajstić information content (AvgIpc) is 2.92. The minimum absolute atomic E-state index is 0.0791. The molecule has 2 saturated heterocycles. The maximum Gasteiger partial charge on any atom is 0.320 e. The Morgan fingerprint density at radius 2 is 1.86 bits per heavy atom. The molecular weight excluding hydrogens is 506 g/mol. The molecule has 2 atom stereocenters. The number of methoxy groups -OCH3 is 1. The lowest BCUT2D eigenvalue weighted by Crippen LogP contribution is -2.56. The molecule has 1 aromatic carbocycles. The number of likely N-dealkylation sites (tertiary alicyclic amines) is 1. The molecule has 9 nitrogen and oxygen atoms in total. The van der Waals surface area contributed by atoms with Crippen LogP contribution in [0.15, 0.2) is 53.0 Å². The van der Waals surface area contributed by atoms with Gasteiger partial charge in [0.05, 0.1) is 31.1 Å². The van der Waals surface area contributed by atoms with Gasteiger partial charge < -0.3 is 19.3 Å². The first-order chi connectivity index (χ1) is 17.3. The molecule has 3 aliphatic rings. The van der Waals surface area contributed by atoms with Gasteiger partial charge in [0.15, 0.2) is 0 Å². The van der Waals surface area contributed by atoms with Crippen LogP contribution < -0.4 is 0 Å². The molecule has 2 amide bonds. The van der Waals surface area contributed by atoms with Crippen LogP contribution in [0.5, 0.6) is 0 Å². The summed E-state index contributed by atoms with van der Waals surface area (Å²) in [7, 11) is -2.54. The summed E-state index contributed by atoms with van der Waals surface area (Å²) in [5, 5.41) is 0.451. The Kier molecular flexibility index (Phi) is 8.71. The first kappa shape index (κ1) is 26.7. The van der Waals surface area contributed by atoms with E-state index < -0.39 is 16.1 Å². The Morgan fingerprint density at radius 3 is 2.50 bits per heavy atom. The van der Waals surface area contributed by atoms with Crippen LogP contribution in [0.4, 0.5) is 4.79 Å². The number of halogens is 1. The van der Waals surface area contributed by atoms with E-state index >= 15 is 0 Å². The van der Waals surface area contributed by atoms with E-state index in [9.17, 15) is 18.0 Å². The lowest BCUT2D eigenvalue weighted by molar-refractivity contribution is -0.143. The van der Waals surface area contributed by atoms with Crippen LogP contribution in [0.2, 0.25) is 5.02 Å². The van der Waals surface area contributed by atoms with Gasteiger partial charge in [-0.1, -0.05) is 29.8 Å². The van der Waals surface area contributed by atoms with Gasteiger partial charge in [0.1, 0.15) is 0 Å². The summed E-state index contributed by atoms with van der Waals surface area (Å²) in [5.41, 5.74) is 0.796. The van der Waals surface area contributed by atoms with E-state index in [1.165, 1.54) is 23.5 Å². The second kappa shape index (κ2) is 11.8. The molecule has 2 heterocycles. The molecule has 0 spiro atoms. The fraction of sp³-hybridized carbons (Fsp3) is 0.520. The summed E-state index contributed by atoms with van der Waals surface area (Å²) in [4.78, 5) is 28.7. The van der Waals surface area contributed by atoms with Gasteiger partial charge in [-0.3, -0.25) is 4.79 Å². The Hall–Kier alpha value is -2.40. The Bertz CT molecular complexity index is 1120. The van der Waals surface area contributed by atoms with Gasteiger partial charge in [0.25, 0.3) is 0 Å². The zero-order valence-electron chi connectivity index (χ0n) is 20.3. The van der Waals surface area contributed by atoms with E-state index in [4.69, 9.17) is 21.1 Å². The molecule has 0 bridgehead atoms. The second-order valence-corrected chi connectivity index (χ2v) is 11.5. The van der Waals surface area contributed by atoms with Crippen LogP contribution in [-0.4, -0.2) is 93.6 Å². The highest BCUT2D eigenvalue weighted by Crippen LogP contribution is 2.28. The van der Waals surface area contributed by atoms with Crippen molar-refractivity contribution in [3.63, 3.8) is 0 Å². The lowest BCUT2D eigenvalue weighted by Gasteiger charge is -2.41. The number of benzene rings is 1. The van der Waals surface area contributed by atoms with E-state index in [0.717, 1.165) is 5.57 Å². The maximum absolute atomic E-state index is 13.8. The van der Waals surface area contributed by atoms with E-state index in [-0.39, 0.29) is 29.4 Å². The van der Waals surface area contributed by atoms with Crippen molar-refractivity contribution in [3.8, 4) is 0 Å². The van der Waals surface area contributed by atoms with Crippen LogP contribution in [0.3, 0.4) is 0 Å². The molecular formula is C25H32ClN3O6S. The van der Waals surface area contributed by atoms with Crippen LogP contribution in [0.25, 0.3) is 0 Å². The predicted molar refractivity (Wildman–Crippen MR) is 135 cm³/mol. The Morgan fingerprint density at radius 1 is 1.14 bits per heavy atom. The molecule has 1 aromatic rings. The zero-order valence-corrected chi connectivity index (χ0v) is 21.9. The average molecular weight is 538 g/mol. The van der Waals surface area contributed by atoms with Gasteiger partial charge in [-0.2, -0.15) is 4.31 Å². The minimum atomic E-state index is -3.89. The highest BCUT2D eigenvalue weighted by molar-refractivity contribution is 7.89. The normalized spacial score (nSPS) is 22.9. The molecule has 2 fully saturated rings. The number of esters is 1. The van der Waals surface area contributed by atoms with Crippen molar-refractivity contribution >= 4 is 33.6 Å². The molecule has 11 heteroatoms. The van der Waals surface area contributed by atoms with Crippen molar-refractivity contribution in [1.82, 2.24) is 14.1 Å². The van der Waals surface area contributed by atoms with Gasteiger partial charge in [0.2, 0.25) is 10.0 Å². The first-order valence-electron chi connectivity index (χ1n) is 12.1. The number of carbonyl (C=O) groups excluding carboxylic acids is 2. The molecule has 4 rings (SSSR count). The quantitative estimate of drug-likeness (QED) is 0.518. The molecule has 0 saturated carbocycles. The summed E-state index contributed by atoms with van der Waals surface area (Å²) in [6, 6.07) is 5.65. The van der Waals surface area contributed by atoms with Gasteiger partial charge in [0, 0.05) is 43.8 Å². The molecule has 0 aromatic heterocycles. The number of hydrogen-bond donors (Lipinski definition) is 0. The number of allylic oxidation sites excluding steroid dienone is 1. The highest BCUT2D eigenvalue weighted by atomic mass is 35.5. The molecule has 196 valence electrons. The van der Waals surface area contributed by atoms with Crippen LogP contribution in [-0.2, 0) is 24.3 Å². The topological polar surface area (TPSA) is 96.5 Å². The van der Waals surface area contributed by atoms with Crippen molar-refractivity contribution in [2.45, 2.75) is 30.2 Å². The van der Waals surface area contributed by atoms with Gasteiger partial charge >= 0.3 is 12.0 Å². The zero-order chi connectivity index (χ0) is 25.7. The Balaban J connectivity index is 1.57. The van der Waals surface area contributed by atoms with Crippen molar-refractivity contribution in [1.29, 1.82) is 0 Å². The fourth-order valence-electron chi connectivity index (χ4n) is 4.76. The number of piperidine rings is 1. The fourth-order valence-corrected chi connectivity index (χ4v) is 6.52. The number of hydrogen-bond acceptors (Lipinski definition) is 6. The number of carbonyl (C=O) groups is 2. The van der Waals surface area contributed by atoms with E-state index in [1.54, 1.807) is 34.1 Å². The summed E-state index contributed by atoms with van der Waals surface area (Å²) < 4.78 is 39.4.